The second-order valence-corrected chi connectivity index (χ2v) is 6.80. The molecule has 4 nitrogen and oxygen atoms in total. The second kappa shape index (κ2) is 7.65. The van der Waals surface area contributed by atoms with E-state index in [1.165, 1.54) is 0 Å². The summed E-state index contributed by atoms with van der Waals surface area (Å²) in [7, 11) is 0. The summed E-state index contributed by atoms with van der Waals surface area (Å²) in [6.45, 7) is 9.46. The van der Waals surface area contributed by atoms with E-state index in [1.807, 2.05) is 25.7 Å². The van der Waals surface area contributed by atoms with Gasteiger partial charge in [-0.25, -0.2) is 0 Å². The minimum atomic E-state index is -0.445. The van der Waals surface area contributed by atoms with Gasteiger partial charge in [-0.15, -0.1) is 0 Å². The Morgan fingerprint density at radius 2 is 2.00 bits per heavy atom. The molecular formula is C16H30N2O2. The van der Waals surface area contributed by atoms with E-state index in [2.05, 4.69) is 12.2 Å². The third-order valence-electron chi connectivity index (χ3n) is 3.80. The van der Waals surface area contributed by atoms with Crippen molar-refractivity contribution in [1.82, 2.24) is 10.2 Å². The van der Waals surface area contributed by atoms with Crippen molar-refractivity contribution >= 4 is 11.8 Å². The smallest absolute Gasteiger partial charge is 0.245 e. The summed E-state index contributed by atoms with van der Waals surface area (Å²) in [5.41, 5.74) is -0.445. The molecule has 1 saturated heterocycles. The van der Waals surface area contributed by atoms with Crippen LogP contribution in [0.25, 0.3) is 0 Å². The Morgan fingerprint density at radius 3 is 2.60 bits per heavy atom. The van der Waals surface area contributed by atoms with Crippen LogP contribution in [0.3, 0.4) is 0 Å². The van der Waals surface area contributed by atoms with Crippen molar-refractivity contribution in [2.75, 3.05) is 13.1 Å². The van der Waals surface area contributed by atoms with Crippen LogP contribution in [0.5, 0.6) is 0 Å². The number of unbranched alkanes of at least 4 members (excludes halogenated alkanes) is 2. The third kappa shape index (κ3) is 5.14. The van der Waals surface area contributed by atoms with Gasteiger partial charge in [0.1, 0.15) is 6.04 Å². The standard InChI is InChI=1S/C16H30N2O2/c1-5-6-8-11-18-12-9-7-10-13(14(18)19)17-15(20)16(2,3)4/h13H,5-12H2,1-4H3,(H,17,20). The van der Waals surface area contributed by atoms with Gasteiger partial charge < -0.3 is 10.2 Å². The first-order valence-corrected chi connectivity index (χ1v) is 7.96. The van der Waals surface area contributed by atoms with Crippen LogP contribution >= 0.6 is 0 Å². The average Bonchev–Trinajstić information content (AvgIpc) is 2.53. The molecule has 0 saturated carbocycles. The summed E-state index contributed by atoms with van der Waals surface area (Å²) in [6, 6.07) is -0.328. The number of amides is 2. The number of hydrogen-bond acceptors (Lipinski definition) is 2. The first kappa shape index (κ1) is 17.0. The Kier molecular flexibility index (Phi) is 6.50. The van der Waals surface area contributed by atoms with E-state index in [-0.39, 0.29) is 17.9 Å². The fourth-order valence-corrected chi connectivity index (χ4v) is 2.39. The zero-order valence-corrected chi connectivity index (χ0v) is 13.5. The molecule has 0 radical (unpaired) electrons. The molecular weight excluding hydrogens is 252 g/mol. The zero-order chi connectivity index (χ0) is 15.2. The number of likely N-dealkylation sites (tertiary alicyclic amines) is 1. The van der Waals surface area contributed by atoms with Crippen LogP contribution in [0.15, 0.2) is 0 Å². The molecule has 1 atom stereocenters. The molecule has 0 aliphatic carbocycles. The quantitative estimate of drug-likeness (QED) is 0.788. The van der Waals surface area contributed by atoms with Gasteiger partial charge in [0, 0.05) is 18.5 Å². The van der Waals surface area contributed by atoms with E-state index in [9.17, 15) is 9.59 Å². The van der Waals surface area contributed by atoms with Crippen molar-refractivity contribution in [3.05, 3.63) is 0 Å². The molecule has 2 amide bonds. The number of rotatable bonds is 5. The summed E-state index contributed by atoms with van der Waals surface area (Å²) in [4.78, 5) is 26.5. The molecule has 0 bridgehead atoms. The molecule has 1 N–H and O–H groups in total. The van der Waals surface area contributed by atoms with E-state index in [0.717, 1.165) is 51.6 Å². The van der Waals surface area contributed by atoms with Gasteiger partial charge in [0.2, 0.25) is 11.8 Å². The fraction of sp³-hybridized carbons (Fsp3) is 0.875. The molecule has 1 rings (SSSR count). The van der Waals surface area contributed by atoms with Gasteiger partial charge in [-0.05, 0) is 25.7 Å². The molecule has 0 aromatic carbocycles. The van der Waals surface area contributed by atoms with E-state index < -0.39 is 5.41 Å². The maximum absolute atomic E-state index is 12.5. The lowest BCUT2D eigenvalue weighted by molar-refractivity contribution is -0.138. The SMILES string of the molecule is CCCCCN1CCCCC(NC(=O)C(C)(C)C)C1=O. The highest BCUT2D eigenvalue weighted by Gasteiger charge is 2.31. The summed E-state index contributed by atoms with van der Waals surface area (Å²) in [5.74, 6) is 0.0717. The van der Waals surface area contributed by atoms with Crippen LogP contribution in [0.4, 0.5) is 0 Å². The maximum atomic E-state index is 12.5. The van der Waals surface area contributed by atoms with E-state index in [1.54, 1.807) is 0 Å². The first-order valence-electron chi connectivity index (χ1n) is 7.96. The molecule has 1 unspecified atom stereocenters. The summed E-state index contributed by atoms with van der Waals surface area (Å²) >= 11 is 0. The average molecular weight is 282 g/mol. The summed E-state index contributed by atoms with van der Waals surface area (Å²) in [5, 5.41) is 2.94. The highest BCUT2D eigenvalue weighted by molar-refractivity contribution is 5.89. The van der Waals surface area contributed by atoms with Crippen molar-refractivity contribution in [3.8, 4) is 0 Å². The van der Waals surface area contributed by atoms with Crippen molar-refractivity contribution in [3.63, 3.8) is 0 Å². The Labute approximate surface area is 123 Å². The van der Waals surface area contributed by atoms with Crippen molar-refractivity contribution in [2.45, 2.75) is 72.3 Å². The van der Waals surface area contributed by atoms with Gasteiger partial charge in [-0.2, -0.15) is 0 Å². The van der Waals surface area contributed by atoms with Gasteiger partial charge in [-0.3, -0.25) is 9.59 Å². The monoisotopic (exact) mass is 282 g/mol. The summed E-state index contributed by atoms with van der Waals surface area (Å²) in [6.07, 6.45) is 6.19. The van der Waals surface area contributed by atoms with Crippen molar-refractivity contribution in [2.24, 2.45) is 5.41 Å². The molecule has 1 fully saturated rings. The summed E-state index contributed by atoms with van der Waals surface area (Å²) < 4.78 is 0. The lowest BCUT2D eigenvalue weighted by atomic mass is 9.95. The molecule has 0 aromatic rings. The van der Waals surface area contributed by atoms with E-state index in [4.69, 9.17) is 0 Å². The molecule has 0 aromatic heterocycles. The normalized spacial score (nSPS) is 20.7. The molecule has 116 valence electrons. The number of nitrogens with zero attached hydrogens (tertiary/aromatic N) is 1. The Balaban J connectivity index is 2.61. The topological polar surface area (TPSA) is 49.4 Å². The molecule has 1 aliphatic heterocycles. The van der Waals surface area contributed by atoms with Gasteiger partial charge in [-0.1, -0.05) is 40.5 Å². The molecule has 4 heteroatoms. The van der Waals surface area contributed by atoms with Crippen LogP contribution in [0.1, 0.15) is 66.2 Å². The largest absolute Gasteiger partial charge is 0.344 e. The number of carbonyl (C=O) groups is 2. The Morgan fingerprint density at radius 1 is 1.30 bits per heavy atom. The Hall–Kier alpha value is -1.06. The lowest BCUT2D eigenvalue weighted by Gasteiger charge is -2.27. The predicted molar refractivity (Wildman–Crippen MR) is 81.3 cm³/mol. The maximum Gasteiger partial charge on any atom is 0.245 e. The van der Waals surface area contributed by atoms with Gasteiger partial charge in [0.25, 0.3) is 0 Å². The van der Waals surface area contributed by atoms with E-state index in [0.29, 0.717) is 0 Å². The van der Waals surface area contributed by atoms with Gasteiger partial charge >= 0.3 is 0 Å². The fourth-order valence-electron chi connectivity index (χ4n) is 2.39. The number of nitrogens with one attached hydrogen (secondary N) is 1. The molecule has 20 heavy (non-hydrogen) atoms. The van der Waals surface area contributed by atoms with Crippen molar-refractivity contribution in [1.29, 1.82) is 0 Å². The van der Waals surface area contributed by atoms with Gasteiger partial charge in [0.15, 0.2) is 0 Å². The number of carbonyl (C=O) groups excluding carboxylic acids is 2. The van der Waals surface area contributed by atoms with Crippen LogP contribution in [-0.2, 0) is 9.59 Å². The minimum absolute atomic E-state index is 0.0359. The molecule has 0 spiro atoms. The highest BCUT2D eigenvalue weighted by Crippen LogP contribution is 2.17. The van der Waals surface area contributed by atoms with Gasteiger partial charge in [0.05, 0.1) is 0 Å². The van der Waals surface area contributed by atoms with E-state index >= 15 is 0 Å². The Bertz CT molecular complexity index is 334. The van der Waals surface area contributed by atoms with Crippen molar-refractivity contribution < 1.29 is 9.59 Å². The molecule has 1 aliphatic rings. The number of hydrogen-bond donors (Lipinski definition) is 1. The van der Waals surface area contributed by atoms with Crippen LogP contribution in [0.2, 0.25) is 0 Å². The third-order valence-corrected chi connectivity index (χ3v) is 3.80. The second-order valence-electron chi connectivity index (χ2n) is 6.80. The first-order chi connectivity index (χ1) is 9.36. The zero-order valence-electron chi connectivity index (χ0n) is 13.5. The van der Waals surface area contributed by atoms with Crippen LogP contribution < -0.4 is 5.32 Å². The minimum Gasteiger partial charge on any atom is -0.344 e. The lowest BCUT2D eigenvalue weighted by Crippen LogP contribution is -2.50. The molecule has 1 heterocycles. The van der Waals surface area contributed by atoms with Crippen LogP contribution in [0, 0.1) is 5.41 Å². The predicted octanol–water partition coefficient (Wildman–Crippen LogP) is 2.72. The van der Waals surface area contributed by atoms with Crippen LogP contribution in [-0.4, -0.2) is 35.8 Å². The highest BCUT2D eigenvalue weighted by atomic mass is 16.2.